The first kappa shape index (κ1) is 22.2. The van der Waals surface area contributed by atoms with Crippen LogP contribution in [0.25, 0.3) is 0 Å². The van der Waals surface area contributed by atoms with Gasteiger partial charge in [0, 0.05) is 6.42 Å². The van der Waals surface area contributed by atoms with Crippen LogP contribution in [0.2, 0.25) is 0 Å². The number of hydrogen-bond acceptors (Lipinski definition) is 4. The van der Waals surface area contributed by atoms with Crippen LogP contribution in [0.15, 0.2) is 54.6 Å². The second-order valence-corrected chi connectivity index (χ2v) is 9.07. The third kappa shape index (κ3) is 4.83. The van der Waals surface area contributed by atoms with Gasteiger partial charge in [-0.3, -0.25) is 14.4 Å². The van der Waals surface area contributed by atoms with Gasteiger partial charge in [0.25, 0.3) is 5.91 Å². The molecule has 31 heavy (non-hydrogen) atoms. The van der Waals surface area contributed by atoms with Gasteiger partial charge in [0.15, 0.2) is 0 Å². The summed E-state index contributed by atoms with van der Waals surface area (Å²) in [5.41, 5.74) is 1.50. The Labute approximate surface area is 183 Å². The number of carbonyl (C=O) groups excluding carboxylic acids is 3. The minimum Gasteiger partial charge on any atom is -0.323 e. The van der Waals surface area contributed by atoms with Gasteiger partial charge in [0.2, 0.25) is 11.8 Å². The lowest BCUT2D eigenvalue weighted by Crippen LogP contribution is -2.47. The van der Waals surface area contributed by atoms with Crippen LogP contribution in [-0.2, 0) is 14.4 Å². The summed E-state index contributed by atoms with van der Waals surface area (Å²) in [4.78, 5) is 42.2. The van der Waals surface area contributed by atoms with Crippen molar-refractivity contribution < 1.29 is 14.4 Å². The quantitative estimate of drug-likeness (QED) is 0.682. The van der Waals surface area contributed by atoms with Crippen molar-refractivity contribution in [1.82, 2.24) is 4.90 Å². The average molecular weight is 418 g/mol. The van der Waals surface area contributed by atoms with Crippen molar-refractivity contribution in [3.63, 3.8) is 0 Å². The molecule has 2 unspecified atom stereocenters. The van der Waals surface area contributed by atoms with Crippen LogP contribution >= 0.6 is 0 Å². The molecule has 160 valence electrons. The van der Waals surface area contributed by atoms with Crippen molar-refractivity contribution in [1.29, 1.82) is 5.26 Å². The highest BCUT2D eigenvalue weighted by atomic mass is 16.2. The molecule has 1 saturated heterocycles. The van der Waals surface area contributed by atoms with Gasteiger partial charge in [0.1, 0.15) is 6.04 Å². The van der Waals surface area contributed by atoms with Crippen molar-refractivity contribution in [2.45, 2.75) is 52.6 Å². The van der Waals surface area contributed by atoms with Crippen LogP contribution < -0.4 is 4.90 Å². The highest BCUT2D eigenvalue weighted by Crippen LogP contribution is 2.33. The van der Waals surface area contributed by atoms with E-state index < -0.39 is 11.9 Å². The Morgan fingerprint density at radius 1 is 1.13 bits per heavy atom. The Morgan fingerprint density at radius 3 is 2.29 bits per heavy atom. The van der Waals surface area contributed by atoms with E-state index >= 15 is 0 Å². The predicted molar refractivity (Wildman–Crippen MR) is 118 cm³/mol. The van der Waals surface area contributed by atoms with Crippen LogP contribution in [0.4, 0.5) is 5.69 Å². The summed E-state index contributed by atoms with van der Waals surface area (Å²) in [5.74, 6) is -0.926. The fraction of sp³-hybridized carbons (Fsp3) is 0.360. The highest BCUT2D eigenvalue weighted by molar-refractivity contribution is 6.23. The largest absolute Gasteiger partial charge is 0.323 e. The smallest absolute Gasteiger partial charge is 0.257 e. The van der Waals surface area contributed by atoms with E-state index in [9.17, 15) is 14.4 Å². The topological polar surface area (TPSA) is 81.5 Å². The first-order valence-corrected chi connectivity index (χ1v) is 10.4. The summed E-state index contributed by atoms with van der Waals surface area (Å²) < 4.78 is 0. The highest BCUT2D eigenvalue weighted by Gasteiger charge is 2.46. The summed E-state index contributed by atoms with van der Waals surface area (Å²) in [6.45, 7) is 7.81. The molecule has 3 amide bonds. The van der Waals surface area contributed by atoms with Crippen LogP contribution in [-0.4, -0.2) is 28.7 Å². The molecule has 1 aliphatic heterocycles. The normalized spacial score (nSPS) is 17.4. The second kappa shape index (κ2) is 8.73. The number of rotatable bonds is 5. The predicted octanol–water partition coefficient (Wildman–Crippen LogP) is 4.22. The fourth-order valence-corrected chi connectivity index (χ4v) is 3.89. The van der Waals surface area contributed by atoms with Gasteiger partial charge in [-0.15, -0.1) is 0 Å². The molecule has 0 saturated carbocycles. The molecule has 3 rings (SSSR count). The molecule has 6 heteroatoms. The molecule has 1 fully saturated rings. The molecular weight excluding hydrogens is 390 g/mol. The molecular formula is C25H27N3O3. The standard InChI is InChI=1S/C25H27N3O3/c1-17(19-8-6-5-7-9-19)27(23(30)15-25(2,3)4)21-14-22(29)28(24(21)31)20-12-10-18(16-26)11-13-20/h5-13,17,21H,14-15H2,1-4H3. The molecule has 2 atom stereocenters. The Bertz CT molecular complexity index is 1020. The molecule has 0 aromatic heterocycles. The lowest BCUT2D eigenvalue weighted by atomic mass is 9.90. The van der Waals surface area contributed by atoms with Gasteiger partial charge in [-0.2, -0.15) is 5.26 Å². The summed E-state index contributed by atoms with van der Waals surface area (Å²) in [5, 5.41) is 8.99. The van der Waals surface area contributed by atoms with Crippen molar-refractivity contribution in [2.75, 3.05) is 4.90 Å². The van der Waals surface area contributed by atoms with E-state index in [0.29, 0.717) is 11.3 Å². The number of imide groups is 1. The molecule has 2 aromatic carbocycles. The van der Waals surface area contributed by atoms with E-state index in [4.69, 9.17) is 5.26 Å². The summed E-state index contributed by atoms with van der Waals surface area (Å²) in [6, 6.07) is 16.6. The number of hydrogen-bond donors (Lipinski definition) is 0. The lowest BCUT2D eigenvalue weighted by molar-refractivity contribution is -0.142. The fourth-order valence-electron chi connectivity index (χ4n) is 3.89. The van der Waals surface area contributed by atoms with Crippen LogP contribution in [0, 0.1) is 16.7 Å². The maximum Gasteiger partial charge on any atom is 0.257 e. The van der Waals surface area contributed by atoms with Gasteiger partial charge in [0.05, 0.1) is 29.8 Å². The SMILES string of the molecule is CC(c1ccccc1)N(C(=O)CC(C)(C)C)C1CC(=O)N(c2ccc(C#N)cc2)C1=O. The van der Waals surface area contributed by atoms with Crippen molar-refractivity contribution in [3.05, 3.63) is 65.7 Å². The molecule has 0 aliphatic carbocycles. The van der Waals surface area contributed by atoms with Crippen LogP contribution in [0.3, 0.4) is 0 Å². The van der Waals surface area contributed by atoms with E-state index in [1.165, 1.54) is 0 Å². The van der Waals surface area contributed by atoms with Crippen molar-refractivity contribution in [3.8, 4) is 6.07 Å². The number of carbonyl (C=O) groups is 3. The summed E-state index contributed by atoms with van der Waals surface area (Å²) in [6.07, 6.45) is 0.199. The molecule has 1 aliphatic rings. The van der Waals surface area contributed by atoms with Gasteiger partial charge in [-0.1, -0.05) is 51.1 Å². The van der Waals surface area contributed by atoms with Gasteiger partial charge < -0.3 is 4.90 Å². The van der Waals surface area contributed by atoms with E-state index in [1.807, 2.05) is 64.1 Å². The Balaban J connectivity index is 1.96. The molecule has 1 heterocycles. The number of nitriles is 1. The monoisotopic (exact) mass is 417 g/mol. The summed E-state index contributed by atoms with van der Waals surface area (Å²) in [7, 11) is 0. The van der Waals surface area contributed by atoms with E-state index in [-0.39, 0.29) is 36.1 Å². The second-order valence-electron chi connectivity index (χ2n) is 9.07. The minimum atomic E-state index is -0.867. The molecule has 0 radical (unpaired) electrons. The maximum atomic E-state index is 13.4. The number of benzene rings is 2. The average Bonchev–Trinajstić information content (AvgIpc) is 3.01. The zero-order valence-electron chi connectivity index (χ0n) is 18.3. The minimum absolute atomic E-state index is 0.0636. The van der Waals surface area contributed by atoms with Crippen molar-refractivity contribution in [2.24, 2.45) is 5.41 Å². The summed E-state index contributed by atoms with van der Waals surface area (Å²) >= 11 is 0. The van der Waals surface area contributed by atoms with Gasteiger partial charge in [-0.25, -0.2) is 4.90 Å². The molecule has 6 nitrogen and oxygen atoms in total. The van der Waals surface area contributed by atoms with Crippen LogP contribution in [0.5, 0.6) is 0 Å². The maximum absolute atomic E-state index is 13.4. The van der Waals surface area contributed by atoms with E-state index in [0.717, 1.165) is 10.5 Å². The van der Waals surface area contributed by atoms with E-state index in [2.05, 4.69) is 0 Å². The Kier molecular flexibility index (Phi) is 6.26. The van der Waals surface area contributed by atoms with Gasteiger partial charge in [-0.05, 0) is 42.2 Å². The first-order chi connectivity index (χ1) is 14.6. The Hall–Kier alpha value is -3.46. The number of amides is 3. The van der Waals surface area contributed by atoms with Gasteiger partial charge >= 0.3 is 0 Å². The lowest BCUT2D eigenvalue weighted by Gasteiger charge is -2.35. The van der Waals surface area contributed by atoms with E-state index in [1.54, 1.807) is 29.2 Å². The zero-order valence-corrected chi connectivity index (χ0v) is 18.3. The first-order valence-electron chi connectivity index (χ1n) is 10.4. The third-order valence-electron chi connectivity index (χ3n) is 5.38. The molecule has 0 spiro atoms. The number of nitrogens with zero attached hydrogens (tertiary/aromatic N) is 3. The van der Waals surface area contributed by atoms with Crippen LogP contribution in [0.1, 0.15) is 57.7 Å². The third-order valence-corrected chi connectivity index (χ3v) is 5.38. The Morgan fingerprint density at radius 2 is 1.74 bits per heavy atom. The van der Waals surface area contributed by atoms with Crippen molar-refractivity contribution >= 4 is 23.4 Å². The zero-order chi connectivity index (χ0) is 22.8. The molecule has 0 bridgehead atoms. The molecule has 0 N–H and O–H groups in total. The number of anilines is 1. The molecule has 2 aromatic rings.